The Morgan fingerprint density at radius 3 is 0.915 bits per heavy atom. The van der Waals surface area contributed by atoms with E-state index in [-0.39, 0.29) is 61.5 Å². The lowest BCUT2D eigenvalue weighted by atomic mass is 9.79. The number of unbranched alkanes of at least 4 members (excludes halogenated alkanes) is 12. The Balaban J connectivity index is 1.07. The maximum absolute atomic E-state index is 13.0. The minimum Gasteiger partial charge on any atom is -0.465 e. The number of carbonyl (C=O) groups excluding carboxylic acids is 4. The highest BCUT2D eigenvalue weighted by molar-refractivity contribution is 5.83. The van der Waals surface area contributed by atoms with Crippen LogP contribution >= 0.6 is 0 Å². The first-order valence-corrected chi connectivity index (χ1v) is 18.9. The van der Waals surface area contributed by atoms with Gasteiger partial charge in [0, 0.05) is 0 Å². The quantitative estimate of drug-likeness (QED) is 0.0479. The van der Waals surface area contributed by atoms with Crippen molar-refractivity contribution in [3.63, 3.8) is 0 Å². The van der Waals surface area contributed by atoms with Crippen LogP contribution in [-0.4, -0.2) is 74.7 Å². The molecule has 0 aromatic heterocycles. The van der Waals surface area contributed by atoms with Gasteiger partial charge in [-0.2, -0.15) is 0 Å². The number of hydrogen-bond donors (Lipinski definition) is 0. The van der Waals surface area contributed by atoms with Crippen LogP contribution in [0, 0.1) is 23.7 Å². The van der Waals surface area contributed by atoms with Crippen LogP contribution in [0.25, 0.3) is 0 Å². The lowest BCUT2D eigenvalue weighted by Gasteiger charge is -2.26. The average Bonchev–Trinajstić information content (AvgIpc) is 4.00. The van der Waals surface area contributed by atoms with Crippen molar-refractivity contribution < 1.29 is 47.6 Å². The zero-order valence-corrected chi connectivity index (χ0v) is 29.0. The van der Waals surface area contributed by atoms with Gasteiger partial charge < -0.3 is 28.4 Å². The van der Waals surface area contributed by atoms with Crippen molar-refractivity contribution in [3.05, 3.63) is 0 Å². The van der Waals surface area contributed by atoms with E-state index < -0.39 is 23.7 Å². The Morgan fingerprint density at radius 1 is 0.404 bits per heavy atom. The van der Waals surface area contributed by atoms with Gasteiger partial charge in [0.15, 0.2) is 0 Å². The molecule has 268 valence electrons. The summed E-state index contributed by atoms with van der Waals surface area (Å²) in [6.45, 7) is 5.64. The minimum absolute atomic E-state index is 0.0353. The molecule has 2 saturated heterocycles. The third kappa shape index (κ3) is 12.6. The van der Waals surface area contributed by atoms with E-state index in [0.717, 1.165) is 38.5 Å². The number of epoxide rings is 2. The van der Waals surface area contributed by atoms with E-state index in [0.29, 0.717) is 58.2 Å². The minimum atomic E-state index is -0.535. The molecule has 8 unspecified atom stereocenters. The van der Waals surface area contributed by atoms with Crippen LogP contribution in [0.1, 0.15) is 136 Å². The fourth-order valence-corrected chi connectivity index (χ4v) is 7.15. The first kappa shape index (κ1) is 37.6. The van der Waals surface area contributed by atoms with Crippen molar-refractivity contribution in [2.45, 2.75) is 160 Å². The Hall–Kier alpha value is -2.20. The van der Waals surface area contributed by atoms with Crippen molar-refractivity contribution >= 4 is 23.9 Å². The molecular weight excluding hydrogens is 604 g/mol. The van der Waals surface area contributed by atoms with Gasteiger partial charge >= 0.3 is 23.9 Å². The van der Waals surface area contributed by atoms with Gasteiger partial charge in [-0.3, -0.25) is 19.2 Å². The van der Waals surface area contributed by atoms with Gasteiger partial charge in [-0.25, -0.2) is 0 Å². The van der Waals surface area contributed by atoms with Crippen molar-refractivity contribution in [2.24, 2.45) is 23.7 Å². The number of fused-ring (bicyclic) bond motifs is 2. The van der Waals surface area contributed by atoms with Crippen LogP contribution in [0.4, 0.5) is 0 Å². The van der Waals surface area contributed by atoms with Gasteiger partial charge in [0.05, 0.1) is 74.5 Å². The first-order valence-electron chi connectivity index (χ1n) is 18.9. The normalized spacial score (nSPS) is 28.8. The van der Waals surface area contributed by atoms with Crippen LogP contribution in [0.2, 0.25) is 0 Å². The summed E-state index contributed by atoms with van der Waals surface area (Å²) >= 11 is 0. The van der Waals surface area contributed by atoms with E-state index in [4.69, 9.17) is 28.4 Å². The van der Waals surface area contributed by atoms with E-state index >= 15 is 0 Å². The molecule has 2 saturated carbocycles. The standard InChI is InChI=1S/C37H60O10/c1-3-5-7-9-11-14-18-42-34(38)26-22-30-32(46-30)24-28(26)36(40)44-20-16-13-17-21-45-37(41)29-25-33-31(47-33)23-27(29)35(39)43-19-15-12-10-8-6-4-2/h26-33H,3-25H2,1-2H3. The Kier molecular flexibility index (Phi) is 16.3. The highest BCUT2D eigenvalue weighted by Crippen LogP contribution is 2.45. The lowest BCUT2D eigenvalue weighted by molar-refractivity contribution is -0.162. The molecule has 10 nitrogen and oxygen atoms in total. The second kappa shape index (κ2) is 20.3. The number of hydrogen-bond acceptors (Lipinski definition) is 10. The number of ether oxygens (including phenoxy) is 6. The lowest BCUT2D eigenvalue weighted by Crippen LogP contribution is -2.38. The van der Waals surface area contributed by atoms with E-state index in [1.165, 1.54) is 38.5 Å². The summed E-state index contributed by atoms with van der Waals surface area (Å²) in [7, 11) is 0. The molecule has 0 aromatic carbocycles. The summed E-state index contributed by atoms with van der Waals surface area (Å²) in [4.78, 5) is 51.6. The highest BCUT2D eigenvalue weighted by Gasteiger charge is 2.54. The second-order valence-corrected chi connectivity index (χ2v) is 14.1. The highest BCUT2D eigenvalue weighted by atomic mass is 16.6. The van der Waals surface area contributed by atoms with Crippen molar-refractivity contribution in [3.8, 4) is 0 Å². The zero-order valence-electron chi connectivity index (χ0n) is 29.0. The topological polar surface area (TPSA) is 130 Å². The Morgan fingerprint density at radius 2 is 0.638 bits per heavy atom. The fraction of sp³-hybridized carbons (Fsp3) is 0.892. The molecule has 2 aliphatic carbocycles. The largest absolute Gasteiger partial charge is 0.465 e. The fourth-order valence-electron chi connectivity index (χ4n) is 7.15. The Labute approximate surface area is 281 Å². The summed E-state index contributed by atoms with van der Waals surface area (Å²) in [5.74, 6) is -3.45. The van der Waals surface area contributed by atoms with Crippen molar-refractivity contribution in [1.29, 1.82) is 0 Å². The molecular formula is C37H60O10. The molecule has 0 aromatic rings. The first-order chi connectivity index (χ1) is 22.9. The van der Waals surface area contributed by atoms with E-state index in [1.807, 2.05) is 0 Å². The van der Waals surface area contributed by atoms with Gasteiger partial charge in [-0.05, 0) is 57.8 Å². The maximum Gasteiger partial charge on any atom is 0.309 e. The predicted molar refractivity (Wildman–Crippen MR) is 174 cm³/mol. The Bertz CT molecular complexity index is 908. The van der Waals surface area contributed by atoms with E-state index in [2.05, 4.69) is 13.8 Å². The predicted octanol–water partition coefficient (Wildman–Crippen LogP) is 6.64. The third-order valence-electron chi connectivity index (χ3n) is 10.3. The molecule has 10 heteroatoms. The van der Waals surface area contributed by atoms with Gasteiger partial charge in [-0.15, -0.1) is 0 Å². The summed E-state index contributed by atoms with van der Waals surface area (Å²) in [6, 6.07) is 0. The van der Waals surface area contributed by atoms with Gasteiger partial charge in [-0.1, -0.05) is 78.1 Å². The second-order valence-electron chi connectivity index (χ2n) is 14.1. The molecule has 47 heavy (non-hydrogen) atoms. The molecule has 4 fully saturated rings. The third-order valence-corrected chi connectivity index (χ3v) is 10.3. The van der Waals surface area contributed by atoms with Crippen LogP contribution in [0.5, 0.6) is 0 Å². The summed E-state index contributed by atoms with van der Waals surface area (Å²) < 4.78 is 33.5. The van der Waals surface area contributed by atoms with Gasteiger partial charge in [0.1, 0.15) is 0 Å². The number of rotatable bonds is 24. The molecule has 2 aliphatic heterocycles. The molecule has 4 aliphatic rings. The van der Waals surface area contributed by atoms with E-state index in [1.54, 1.807) is 0 Å². The molecule has 0 spiro atoms. The molecule has 0 radical (unpaired) electrons. The molecule has 0 amide bonds. The van der Waals surface area contributed by atoms with Crippen LogP contribution in [-0.2, 0) is 47.6 Å². The zero-order chi connectivity index (χ0) is 33.4. The molecule has 8 atom stereocenters. The molecule has 0 N–H and O–H groups in total. The average molecular weight is 665 g/mol. The SMILES string of the molecule is CCCCCCCCOC(=O)C1CC2OC2CC1C(=O)OCCCCCOC(=O)C1CC2OC2CC1C(=O)OCCCCCCCC. The smallest absolute Gasteiger partial charge is 0.309 e. The molecule has 4 rings (SSSR count). The summed E-state index contributed by atoms with van der Waals surface area (Å²) in [5.41, 5.74) is 0. The van der Waals surface area contributed by atoms with Gasteiger partial charge in [0.25, 0.3) is 0 Å². The van der Waals surface area contributed by atoms with Crippen LogP contribution in [0.3, 0.4) is 0 Å². The van der Waals surface area contributed by atoms with Crippen LogP contribution < -0.4 is 0 Å². The van der Waals surface area contributed by atoms with E-state index in [9.17, 15) is 19.2 Å². The molecule has 2 heterocycles. The van der Waals surface area contributed by atoms with Gasteiger partial charge in [0.2, 0.25) is 0 Å². The van der Waals surface area contributed by atoms with Crippen LogP contribution in [0.15, 0.2) is 0 Å². The van der Waals surface area contributed by atoms with Crippen molar-refractivity contribution in [1.82, 2.24) is 0 Å². The summed E-state index contributed by atoms with van der Waals surface area (Å²) in [5, 5.41) is 0. The maximum atomic E-state index is 13.0. The number of esters is 4. The summed E-state index contributed by atoms with van der Waals surface area (Å²) in [6.07, 6.45) is 17.5. The molecule has 0 bridgehead atoms. The van der Waals surface area contributed by atoms with Crippen molar-refractivity contribution in [2.75, 3.05) is 26.4 Å². The number of carbonyl (C=O) groups is 4. The monoisotopic (exact) mass is 664 g/mol.